The van der Waals surface area contributed by atoms with Crippen LogP contribution in [0.1, 0.15) is 31.4 Å². The average Bonchev–Trinajstić information content (AvgIpc) is 2.98. The SMILES string of the molecule is CN=C(NCc1cn2cc(Br)ccc2n1)NCC1(CCOC)CCC1.I. The topological polar surface area (TPSA) is 63.0 Å². The summed E-state index contributed by atoms with van der Waals surface area (Å²) in [5.74, 6) is 0.821. The highest BCUT2D eigenvalue weighted by molar-refractivity contribution is 14.0. The number of guanidine groups is 1. The molecule has 26 heavy (non-hydrogen) atoms. The van der Waals surface area contributed by atoms with Gasteiger partial charge in [-0.25, -0.2) is 4.98 Å². The summed E-state index contributed by atoms with van der Waals surface area (Å²) < 4.78 is 8.32. The monoisotopic (exact) mass is 535 g/mol. The van der Waals surface area contributed by atoms with Gasteiger partial charge in [-0.05, 0) is 52.7 Å². The van der Waals surface area contributed by atoms with Gasteiger partial charge >= 0.3 is 0 Å². The molecule has 2 heterocycles. The van der Waals surface area contributed by atoms with Gasteiger partial charge in [0.1, 0.15) is 5.65 Å². The minimum atomic E-state index is 0. The van der Waals surface area contributed by atoms with Crippen LogP contribution >= 0.6 is 39.9 Å². The van der Waals surface area contributed by atoms with Gasteiger partial charge in [-0.15, -0.1) is 24.0 Å². The van der Waals surface area contributed by atoms with Crippen LogP contribution in [0.2, 0.25) is 0 Å². The van der Waals surface area contributed by atoms with Crippen molar-refractivity contribution in [2.45, 2.75) is 32.2 Å². The zero-order chi connectivity index (χ0) is 17.7. The van der Waals surface area contributed by atoms with Crippen molar-refractivity contribution < 1.29 is 4.74 Å². The zero-order valence-electron chi connectivity index (χ0n) is 15.3. The fourth-order valence-corrected chi connectivity index (χ4v) is 3.63. The number of nitrogens with zero attached hydrogens (tertiary/aromatic N) is 3. The lowest BCUT2D eigenvalue weighted by molar-refractivity contribution is 0.0732. The van der Waals surface area contributed by atoms with E-state index in [0.29, 0.717) is 12.0 Å². The number of aliphatic imine (C=N–C) groups is 1. The smallest absolute Gasteiger partial charge is 0.191 e. The Morgan fingerprint density at radius 1 is 1.35 bits per heavy atom. The van der Waals surface area contributed by atoms with E-state index in [9.17, 15) is 0 Å². The Kier molecular flexibility index (Phi) is 8.15. The molecule has 2 aromatic rings. The molecule has 8 heteroatoms. The Hall–Kier alpha value is -0.870. The summed E-state index contributed by atoms with van der Waals surface area (Å²) in [4.78, 5) is 8.95. The molecule has 1 aliphatic carbocycles. The maximum absolute atomic E-state index is 5.26. The number of nitrogens with one attached hydrogen (secondary N) is 2. The number of imidazole rings is 1. The fraction of sp³-hybridized carbons (Fsp3) is 0.556. The molecule has 0 amide bonds. The lowest BCUT2D eigenvalue weighted by atomic mass is 9.67. The molecular weight excluding hydrogens is 509 g/mol. The number of pyridine rings is 1. The zero-order valence-corrected chi connectivity index (χ0v) is 19.2. The van der Waals surface area contributed by atoms with Gasteiger partial charge in [-0.1, -0.05) is 6.42 Å². The molecule has 0 aromatic carbocycles. The van der Waals surface area contributed by atoms with Crippen molar-refractivity contribution in [2.75, 3.05) is 27.3 Å². The molecule has 2 aromatic heterocycles. The second kappa shape index (κ2) is 9.89. The predicted molar refractivity (Wildman–Crippen MR) is 119 cm³/mol. The number of hydrogen-bond donors (Lipinski definition) is 2. The molecule has 1 saturated carbocycles. The van der Waals surface area contributed by atoms with Gasteiger partial charge in [0, 0.05) is 44.2 Å². The lowest BCUT2D eigenvalue weighted by Gasteiger charge is -2.42. The molecular formula is C18H27BrIN5O. The molecule has 0 unspecified atom stereocenters. The Balaban J connectivity index is 0.00000243. The molecule has 3 rings (SSSR count). The van der Waals surface area contributed by atoms with E-state index in [1.165, 1.54) is 19.3 Å². The van der Waals surface area contributed by atoms with Crippen LogP contribution in [-0.4, -0.2) is 42.7 Å². The molecule has 2 N–H and O–H groups in total. The first kappa shape index (κ1) is 21.4. The molecule has 0 saturated heterocycles. The molecule has 6 nitrogen and oxygen atoms in total. The second-order valence-corrected chi connectivity index (χ2v) is 7.64. The summed E-state index contributed by atoms with van der Waals surface area (Å²) in [6.45, 7) is 2.41. The van der Waals surface area contributed by atoms with E-state index in [0.717, 1.165) is 41.3 Å². The highest BCUT2D eigenvalue weighted by Gasteiger charge is 2.36. The van der Waals surface area contributed by atoms with E-state index in [4.69, 9.17) is 4.74 Å². The first-order valence-corrected chi connectivity index (χ1v) is 9.50. The Morgan fingerprint density at radius 2 is 2.15 bits per heavy atom. The standard InChI is InChI=1S/C18H26BrN5O.HI/c1-20-17(22-13-18(6-3-7-18)8-9-25-2)21-10-15-12-24-11-14(19)4-5-16(24)23-15;/h4-5,11-12H,3,6-10,13H2,1-2H3,(H2,20,21,22);1H. The van der Waals surface area contributed by atoms with Gasteiger partial charge in [-0.2, -0.15) is 0 Å². The van der Waals surface area contributed by atoms with Crippen molar-refractivity contribution in [3.8, 4) is 0 Å². The Labute approximate surface area is 180 Å². The average molecular weight is 536 g/mol. The van der Waals surface area contributed by atoms with Crippen LogP contribution < -0.4 is 10.6 Å². The van der Waals surface area contributed by atoms with Crippen molar-refractivity contribution >= 4 is 51.5 Å². The molecule has 0 aliphatic heterocycles. The molecule has 144 valence electrons. The van der Waals surface area contributed by atoms with E-state index in [2.05, 4.69) is 36.5 Å². The molecule has 1 fully saturated rings. The minimum Gasteiger partial charge on any atom is -0.385 e. The third kappa shape index (κ3) is 5.32. The number of ether oxygens (including phenoxy) is 1. The summed E-state index contributed by atoms with van der Waals surface area (Å²) in [6, 6.07) is 3.99. The van der Waals surface area contributed by atoms with E-state index in [1.807, 2.05) is 28.9 Å². The van der Waals surface area contributed by atoms with E-state index in [1.54, 1.807) is 14.2 Å². The first-order valence-electron chi connectivity index (χ1n) is 8.71. The largest absolute Gasteiger partial charge is 0.385 e. The van der Waals surface area contributed by atoms with E-state index < -0.39 is 0 Å². The third-order valence-electron chi connectivity index (χ3n) is 5.01. The summed E-state index contributed by atoms with van der Waals surface area (Å²) in [5.41, 5.74) is 2.29. The summed E-state index contributed by atoms with van der Waals surface area (Å²) in [6.07, 6.45) is 8.99. The molecule has 0 bridgehead atoms. The van der Waals surface area contributed by atoms with Gasteiger partial charge in [0.2, 0.25) is 0 Å². The molecule has 0 atom stereocenters. The van der Waals surface area contributed by atoms with Crippen LogP contribution in [0, 0.1) is 5.41 Å². The highest BCUT2D eigenvalue weighted by atomic mass is 127. The van der Waals surface area contributed by atoms with Crippen LogP contribution in [0.25, 0.3) is 5.65 Å². The van der Waals surface area contributed by atoms with Gasteiger partial charge < -0.3 is 19.8 Å². The number of aromatic nitrogens is 2. The van der Waals surface area contributed by atoms with Gasteiger partial charge in [0.25, 0.3) is 0 Å². The normalized spacial score (nSPS) is 16.0. The van der Waals surface area contributed by atoms with Crippen molar-refractivity contribution in [3.05, 3.63) is 34.7 Å². The second-order valence-electron chi connectivity index (χ2n) is 6.72. The van der Waals surface area contributed by atoms with E-state index in [-0.39, 0.29) is 24.0 Å². The predicted octanol–water partition coefficient (Wildman–Crippen LogP) is 3.59. The number of halogens is 2. The van der Waals surface area contributed by atoms with Crippen molar-refractivity contribution in [2.24, 2.45) is 10.4 Å². The lowest BCUT2D eigenvalue weighted by Crippen LogP contribution is -2.46. The fourth-order valence-electron chi connectivity index (χ4n) is 3.28. The quantitative estimate of drug-likeness (QED) is 0.323. The Bertz CT molecular complexity index is 744. The Morgan fingerprint density at radius 3 is 2.81 bits per heavy atom. The highest BCUT2D eigenvalue weighted by Crippen LogP contribution is 2.43. The molecule has 0 radical (unpaired) electrons. The first-order chi connectivity index (χ1) is 12.1. The summed E-state index contributed by atoms with van der Waals surface area (Å²) in [7, 11) is 3.58. The van der Waals surface area contributed by atoms with Crippen LogP contribution in [0.15, 0.2) is 34.0 Å². The van der Waals surface area contributed by atoms with Gasteiger partial charge in [0.15, 0.2) is 5.96 Å². The van der Waals surface area contributed by atoms with Crippen molar-refractivity contribution in [3.63, 3.8) is 0 Å². The maximum Gasteiger partial charge on any atom is 0.191 e. The number of hydrogen-bond acceptors (Lipinski definition) is 3. The summed E-state index contributed by atoms with van der Waals surface area (Å²) >= 11 is 3.48. The molecule has 0 spiro atoms. The van der Waals surface area contributed by atoms with Crippen LogP contribution in [-0.2, 0) is 11.3 Å². The number of rotatable bonds is 7. The van der Waals surface area contributed by atoms with Crippen molar-refractivity contribution in [1.82, 2.24) is 20.0 Å². The van der Waals surface area contributed by atoms with Gasteiger partial charge in [0.05, 0.1) is 12.2 Å². The number of fused-ring (bicyclic) bond motifs is 1. The van der Waals surface area contributed by atoms with Gasteiger partial charge in [-0.3, -0.25) is 4.99 Å². The van der Waals surface area contributed by atoms with Crippen LogP contribution in [0.4, 0.5) is 0 Å². The van der Waals surface area contributed by atoms with Crippen molar-refractivity contribution in [1.29, 1.82) is 0 Å². The third-order valence-corrected chi connectivity index (χ3v) is 5.48. The molecule has 1 aliphatic rings. The van der Waals surface area contributed by atoms with Crippen LogP contribution in [0.3, 0.4) is 0 Å². The van der Waals surface area contributed by atoms with Crippen LogP contribution in [0.5, 0.6) is 0 Å². The minimum absolute atomic E-state index is 0. The van der Waals surface area contributed by atoms with E-state index >= 15 is 0 Å². The number of methoxy groups -OCH3 is 1. The maximum atomic E-state index is 5.26. The summed E-state index contributed by atoms with van der Waals surface area (Å²) in [5, 5.41) is 6.83.